The summed E-state index contributed by atoms with van der Waals surface area (Å²) in [6, 6.07) is 4.99. The topological polar surface area (TPSA) is 46.5 Å². The second-order valence-electron chi connectivity index (χ2n) is 2.67. The summed E-state index contributed by atoms with van der Waals surface area (Å²) in [4.78, 5) is 10.5. The van der Waals surface area contributed by atoms with E-state index in [2.05, 4.69) is 15.9 Å². The van der Waals surface area contributed by atoms with E-state index in [1.165, 1.54) is 6.92 Å². The Morgan fingerprint density at radius 2 is 2.29 bits per heavy atom. The maximum absolute atomic E-state index is 10.5. The van der Waals surface area contributed by atoms with Crippen LogP contribution in [0.3, 0.4) is 0 Å². The fraction of sp³-hybridized carbons (Fsp3) is 0.222. The third-order valence-electron chi connectivity index (χ3n) is 1.55. The second kappa shape index (κ2) is 4.66. The standard InChI is InChI=1S/C9H8BrClO3/c1-5(9(12)13)14-8-3-2-6(10)4-7(8)11/h2-5H,1H3,(H,12,13)/t5-/m0/s1. The number of benzene rings is 1. The normalized spacial score (nSPS) is 12.2. The Morgan fingerprint density at radius 3 is 2.79 bits per heavy atom. The first kappa shape index (κ1) is 11.3. The van der Waals surface area contributed by atoms with E-state index in [0.29, 0.717) is 10.8 Å². The molecule has 5 heteroatoms. The highest BCUT2D eigenvalue weighted by Crippen LogP contribution is 2.28. The van der Waals surface area contributed by atoms with Crippen LogP contribution in [0, 0.1) is 0 Å². The van der Waals surface area contributed by atoms with Gasteiger partial charge in [0.05, 0.1) is 5.02 Å². The SMILES string of the molecule is C[C@H](Oc1ccc(Br)cc1Cl)C(=O)O. The van der Waals surface area contributed by atoms with E-state index in [0.717, 1.165) is 4.47 Å². The molecule has 76 valence electrons. The van der Waals surface area contributed by atoms with Gasteiger partial charge < -0.3 is 9.84 Å². The average molecular weight is 280 g/mol. The summed E-state index contributed by atoms with van der Waals surface area (Å²) < 4.78 is 5.93. The summed E-state index contributed by atoms with van der Waals surface area (Å²) in [7, 11) is 0. The molecule has 0 amide bonds. The fourth-order valence-electron chi connectivity index (χ4n) is 0.812. The molecule has 0 heterocycles. The van der Waals surface area contributed by atoms with E-state index >= 15 is 0 Å². The third-order valence-corrected chi connectivity index (χ3v) is 2.33. The number of carboxylic acid groups (broad SMARTS) is 1. The molecule has 1 aromatic rings. The van der Waals surface area contributed by atoms with Gasteiger partial charge in [-0.15, -0.1) is 0 Å². The van der Waals surface area contributed by atoms with Crippen LogP contribution in [0.1, 0.15) is 6.92 Å². The van der Waals surface area contributed by atoms with Crippen LogP contribution in [-0.4, -0.2) is 17.2 Å². The molecule has 0 spiro atoms. The lowest BCUT2D eigenvalue weighted by molar-refractivity contribution is -0.144. The summed E-state index contributed by atoms with van der Waals surface area (Å²) in [6.07, 6.45) is -0.909. The zero-order valence-electron chi connectivity index (χ0n) is 7.33. The summed E-state index contributed by atoms with van der Waals surface area (Å²) in [5.41, 5.74) is 0. The molecule has 1 atom stereocenters. The van der Waals surface area contributed by atoms with Gasteiger partial charge in [-0.05, 0) is 25.1 Å². The average Bonchev–Trinajstić information content (AvgIpc) is 2.09. The van der Waals surface area contributed by atoms with Crippen molar-refractivity contribution in [1.29, 1.82) is 0 Å². The van der Waals surface area contributed by atoms with Gasteiger partial charge in [-0.1, -0.05) is 27.5 Å². The van der Waals surface area contributed by atoms with E-state index in [-0.39, 0.29) is 0 Å². The highest BCUT2D eigenvalue weighted by molar-refractivity contribution is 9.10. The number of halogens is 2. The molecule has 1 aromatic carbocycles. The van der Waals surface area contributed by atoms with E-state index < -0.39 is 12.1 Å². The summed E-state index contributed by atoms with van der Waals surface area (Å²) >= 11 is 9.07. The molecule has 0 fully saturated rings. The highest BCUT2D eigenvalue weighted by atomic mass is 79.9. The molecule has 1 N–H and O–H groups in total. The summed E-state index contributed by atoms with van der Waals surface area (Å²) in [5.74, 6) is -0.659. The molecule has 0 unspecified atom stereocenters. The van der Waals surface area contributed by atoms with Gasteiger partial charge in [0, 0.05) is 4.47 Å². The number of aliphatic carboxylic acids is 1. The van der Waals surface area contributed by atoms with Gasteiger partial charge in [-0.2, -0.15) is 0 Å². The lowest BCUT2D eigenvalue weighted by atomic mass is 10.3. The van der Waals surface area contributed by atoms with Crippen LogP contribution in [0.2, 0.25) is 5.02 Å². The van der Waals surface area contributed by atoms with Crippen molar-refractivity contribution < 1.29 is 14.6 Å². The van der Waals surface area contributed by atoms with Crippen LogP contribution < -0.4 is 4.74 Å². The molecule has 0 aliphatic rings. The molecule has 0 aliphatic carbocycles. The minimum absolute atomic E-state index is 0.366. The minimum atomic E-state index is -1.02. The molecule has 3 nitrogen and oxygen atoms in total. The Balaban J connectivity index is 2.82. The largest absolute Gasteiger partial charge is 0.479 e. The quantitative estimate of drug-likeness (QED) is 0.925. The van der Waals surface area contributed by atoms with Crippen LogP contribution in [0.5, 0.6) is 5.75 Å². The van der Waals surface area contributed by atoms with Gasteiger partial charge in [0.1, 0.15) is 5.75 Å². The number of hydrogen-bond donors (Lipinski definition) is 1. The smallest absolute Gasteiger partial charge is 0.344 e. The van der Waals surface area contributed by atoms with Crippen LogP contribution in [0.15, 0.2) is 22.7 Å². The number of ether oxygens (including phenoxy) is 1. The Bertz CT molecular complexity index is 354. The zero-order valence-corrected chi connectivity index (χ0v) is 9.67. The number of hydrogen-bond acceptors (Lipinski definition) is 2. The van der Waals surface area contributed by atoms with Crippen LogP contribution in [-0.2, 0) is 4.79 Å². The van der Waals surface area contributed by atoms with Crippen LogP contribution in [0.4, 0.5) is 0 Å². The molecule has 0 aliphatic heterocycles. The van der Waals surface area contributed by atoms with Gasteiger partial charge in [0.2, 0.25) is 0 Å². The summed E-state index contributed by atoms with van der Waals surface area (Å²) in [5, 5.41) is 8.99. The number of rotatable bonds is 3. The molecule has 0 aromatic heterocycles. The predicted molar refractivity (Wildman–Crippen MR) is 56.9 cm³/mol. The van der Waals surface area contributed by atoms with Gasteiger partial charge in [0.25, 0.3) is 0 Å². The van der Waals surface area contributed by atoms with E-state index in [9.17, 15) is 4.79 Å². The molecular formula is C9H8BrClO3. The minimum Gasteiger partial charge on any atom is -0.479 e. The maximum Gasteiger partial charge on any atom is 0.344 e. The van der Waals surface area contributed by atoms with Crippen molar-refractivity contribution >= 4 is 33.5 Å². The predicted octanol–water partition coefficient (Wildman–Crippen LogP) is 2.95. The Kier molecular flexibility index (Phi) is 3.77. The first-order valence-corrected chi connectivity index (χ1v) is 5.02. The zero-order chi connectivity index (χ0) is 10.7. The van der Waals surface area contributed by atoms with Gasteiger partial charge in [0.15, 0.2) is 6.10 Å². The number of carboxylic acids is 1. The van der Waals surface area contributed by atoms with Gasteiger partial charge in [-0.25, -0.2) is 4.79 Å². The Labute approximate surface area is 94.8 Å². The third kappa shape index (κ3) is 2.89. The molecule has 0 saturated heterocycles. The summed E-state index contributed by atoms with van der Waals surface area (Å²) in [6.45, 7) is 1.45. The fourth-order valence-corrected chi connectivity index (χ4v) is 1.53. The Morgan fingerprint density at radius 1 is 1.64 bits per heavy atom. The number of carbonyl (C=O) groups is 1. The molecular weight excluding hydrogens is 271 g/mol. The van der Waals surface area contributed by atoms with E-state index in [1.54, 1.807) is 18.2 Å². The molecule has 0 saturated carbocycles. The lowest BCUT2D eigenvalue weighted by Gasteiger charge is -2.11. The first-order valence-electron chi connectivity index (χ1n) is 3.85. The monoisotopic (exact) mass is 278 g/mol. The van der Waals surface area contributed by atoms with Crippen molar-refractivity contribution in [2.45, 2.75) is 13.0 Å². The van der Waals surface area contributed by atoms with Crippen molar-refractivity contribution in [3.63, 3.8) is 0 Å². The molecule has 14 heavy (non-hydrogen) atoms. The van der Waals surface area contributed by atoms with Gasteiger partial charge >= 0.3 is 5.97 Å². The highest BCUT2D eigenvalue weighted by Gasteiger charge is 2.14. The van der Waals surface area contributed by atoms with Crippen LogP contribution in [0.25, 0.3) is 0 Å². The molecule has 1 rings (SSSR count). The van der Waals surface area contributed by atoms with Gasteiger partial charge in [-0.3, -0.25) is 0 Å². The maximum atomic E-state index is 10.5. The van der Waals surface area contributed by atoms with Crippen molar-refractivity contribution in [3.05, 3.63) is 27.7 Å². The Hall–Kier alpha value is -0.740. The van der Waals surface area contributed by atoms with Crippen molar-refractivity contribution in [2.75, 3.05) is 0 Å². The lowest BCUT2D eigenvalue weighted by Crippen LogP contribution is -2.22. The van der Waals surface area contributed by atoms with Crippen molar-refractivity contribution in [2.24, 2.45) is 0 Å². The van der Waals surface area contributed by atoms with E-state index in [1.807, 2.05) is 0 Å². The molecule has 0 bridgehead atoms. The van der Waals surface area contributed by atoms with Crippen LogP contribution >= 0.6 is 27.5 Å². The van der Waals surface area contributed by atoms with E-state index in [4.69, 9.17) is 21.4 Å². The first-order chi connectivity index (χ1) is 6.50. The second-order valence-corrected chi connectivity index (χ2v) is 4.00. The van der Waals surface area contributed by atoms with Crippen molar-refractivity contribution in [1.82, 2.24) is 0 Å². The molecule has 0 radical (unpaired) electrons. The van der Waals surface area contributed by atoms with Crippen molar-refractivity contribution in [3.8, 4) is 5.75 Å².